The Hall–Kier alpha value is -5.84. The van der Waals surface area contributed by atoms with E-state index in [1.807, 2.05) is 11.3 Å². The molecule has 0 radical (unpaired) electrons. The number of rotatable bonds is 1. The molecule has 0 bridgehead atoms. The van der Waals surface area contributed by atoms with Crippen molar-refractivity contribution in [3.8, 4) is 22.5 Å². The minimum Gasteiger partial charge on any atom is -0.308 e. The Morgan fingerprint density at radius 3 is 2.33 bits per heavy atom. The van der Waals surface area contributed by atoms with Crippen LogP contribution in [-0.4, -0.2) is 4.40 Å². The highest BCUT2D eigenvalue weighted by Gasteiger charge is 2.59. The second-order valence-electron chi connectivity index (χ2n) is 18.9. The highest BCUT2D eigenvalue weighted by molar-refractivity contribution is 7.26. The van der Waals surface area contributed by atoms with Crippen molar-refractivity contribution in [2.75, 3.05) is 0 Å². The molecule has 0 spiro atoms. The second kappa shape index (κ2) is 11.6. The standard InChI is InChI=1S/C54H47N3S/c1-33-31-54(6)53(5,24-22-35-15-7-8-16-36(35)43-19-13-14-25-55(33)43)42-30-46-39(28-41(42)45-27-34(23-26-56(45)54)32-52(2,3)4)40-29-48-49(38-18-10-12-21-47(38)58-48)50-37-17-9-11-20-44(37)57(46)51(40)50/h7-21,23,25-30H,1,22,24,31-32H2,2-6H3/q+2. The van der Waals surface area contributed by atoms with Gasteiger partial charge in [-0.2, -0.15) is 9.13 Å². The molecule has 0 amide bonds. The minimum atomic E-state index is -0.325. The molecule has 7 heterocycles. The van der Waals surface area contributed by atoms with Crippen LogP contribution in [0.4, 0.5) is 0 Å². The van der Waals surface area contributed by atoms with Gasteiger partial charge in [0, 0.05) is 78.5 Å². The number of pyridine rings is 2. The van der Waals surface area contributed by atoms with E-state index in [-0.39, 0.29) is 16.4 Å². The average Bonchev–Trinajstić information content (AvgIpc) is 3.87. The molecule has 0 N–H and O–H groups in total. The molecule has 0 fully saturated rings. The van der Waals surface area contributed by atoms with Crippen molar-refractivity contribution in [3.63, 3.8) is 0 Å². The zero-order valence-corrected chi connectivity index (χ0v) is 34.8. The Labute approximate surface area is 343 Å². The number of hydrogen-bond acceptors (Lipinski definition) is 1. The van der Waals surface area contributed by atoms with E-state index in [2.05, 4.69) is 182 Å². The molecule has 0 saturated heterocycles. The first kappa shape index (κ1) is 34.2. The Morgan fingerprint density at radius 1 is 0.690 bits per heavy atom. The van der Waals surface area contributed by atoms with Gasteiger partial charge in [0.05, 0.1) is 33.9 Å². The molecule has 282 valence electrons. The van der Waals surface area contributed by atoms with E-state index in [0.717, 1.165) is 31.4 Å². The second-order valence-corrected chi connectivity index (χ2v) is 20.0. The molecular formula is C54H47N3S+2. The molecule has 10 aromatic rings. The van der Waals surface area contributed by atoms with Crippen LogP contribution >= 0.6 is 11.3 Å². The molecule has 2 aliphatic heterocycles. The lowest BCUT2D eigenvalue weighted by Crippen LogP contribution is -2.68. The SMILES string of the molecule is C=C1CC2(C)[n+]3ccc(CC(C)(C)C)cc3-c3cc4c5cc6sc7ccccc7c6c6c7ccccc7n(c4cc3C2(C)CCc2ccccc2-c2cccc[n+]21)c56. The van der Waals surface area contributed by atoms with Gasteiger partial charge in [-0.05, 0) is 97.3 Å². The Balaban J connectivity index is 1.21. The fraction of sp³-hybridized carbons (Fsp3) is 0.222. The first-order valence-corrected chi connectivity index (χ1v) is 21.7. The van der Waals surface area contributed by atoms with Crippen molar-refractivity contribution < 1.29 is 9.13 Å². The number of allylic oxidation sites excluding steroid dienone is 1. The zero-order valence-electron chi connectivity index (χ0n) is 34.0. The van der Waals surface area contributed by atoms with E-state index in [9.17, 15) is 0 Å². The minimum absolute atomic E-state index is 0.168. The molecule has 5 aromatic carbocycles. The summed E-state index contributed by atoms with van der Waals surface area (Å²) < 4.78 is 10.3. The molecule has 3 nitrogen and oxygen atoms in total. The maximum Gasteiger partial charge on any atom is 0.218 e. The summed E-state index contributed by atoms with van der Waals surface area (Å²) in [6.07, 6.45) is 8.43. The van der Waals surface area contributed by atoms with Crippen LogP contribution in [-0.2, 0) is 23.8 Å². The van der Waals surface area contributed by atoms with Crippen LogP contribution in [0.1, 0.15) is 64.2 Å². The first-order chi connectivity index (χ1) is 28.0. The fourth-order valence-corrected chi connectivity index (χ4v) is 12.6. The predicted octanol–water partition coefficient (Wildman–Crippen LogP) is 13.2. The van der Waals surface area contributed by atoms with Crippen LogP contribution in [0.15, 0.2) is 140 Å². The third kappa shape index (κ3) is 4.50. The van der Waals surface area contributed by atoms with Gasteiger partial charge in [0.1, 0.15) is 0 Å². The van der Waals surface area contributed by atoms with E-state index in [0.29, 0.717) is 0 Å². The number of aromatic nitrogens is 3. The van der Waals surface area contributed by atoms with Crippen molar-refractivity contribution in [2.24, 2.45) is 5.41 Å². The summed E-state index contributed by atoms with van der Waals surface area (Å²) in [5.41, 5.74) is 14.0. The van der Waals surface area contributed by atoms with Crippen molar-refractivity contribution in [1.82, 2.24) is 4.40 Å². The lowest BCUT2D eigenvalue weighted by Gasteiger charge is -2.47. The maximum absolute atomic E-state index is 4.89. The van der Waals surface area contributed by atoms with Crippen LogP contribution in [0.25, 0.3) is 86.5 Å². The molecule has 2 unspecified atom stereocenters. The van der Waals surface area contributed by atoms with Crippen LogP contribution in [0.2, 0.25) is 0 Å². The summed E-state index contributed by atoms with van der Waals surface area (Å²) >= 11 is 1.93. The predicted molar refractivity (Wildman–Crippen MR) is 244 cm³/mol. The van der Waals surface area contributed by atoms with E-state index >= 15 is 0 Å². The normalized spacial score (nSPS) is 19.5. The van der Waals surface area contributed by atoms with Gasteiger partial charge < -0.3 is 4.40 Å². The summed E-state index contributed by atoms with van der Waals surface area (Å²) in [4.78, 5) is 0. The molecule has 2 atom stereocenters. The summed E-state index contributed by atoms with van der Waals surface area (Å²) in [6, 6.07) is 46.3. The molecule has 58 heavy (non-hydrogen) atoms. The summed E-state index contributed by atoms with van der Waals surface area (Å²) in [5.74, 6) is 0. The smallest absolute Gasteiger partial charge is 0.218 e. The molecule has 12 rings (SSSR count). The largest absolute Gasteiger partial charge is 0.308 e. The average molecular weight is 770 g/mol. The third-order valence-electron chi connectivity index (χ3n) is 14.2. The van der Waals surface area contributed by atoms with Crippen molar-refractivity contribution >= 4 is 75.3 Å². The molecular weight excluding hydrogens is 723 g/mol. The fourth-order valence-electron chi connectivity index (χ4n) is 11.4. The number of aryl methyl sites for hydroxylation is 1. The lowest BCUT2D eigenvalue weighted by molar-refractivity contribution is -0.766. The van der Waals surface area contributed by atoms with Gasteiger partial charge in [-0.1, -0.05) is 75.4 Å². The number of thiophene rings is 1. The molecule has 5 aromatic heterocycles. The number of hydrogen-bond donors (Lipinski definition) is 0. The highest BCUT2D eigenvalue weighted by atomic mass is 32.1. The van der Waals surface area contributed by atoms with Gasteiger partial charge in [-0.3, -0.25) is 0 Å². The first-order valence-electron chi connectivity index (χ1n) is 20.9. The summed E-state index contributed by atoms with van der Waals surface area (Å²) in [6.45, 7) is 17.0. The number of para-hydroxylation sites is 1. The summed E-state index contributed by atoms with van der Waals surface area (Å²) in [7, 11) is 0. The van der Waals surface area contributed by atoms with Crippen molar-refractivity contribution in [3.05, 3.63) is 157 Å². The van der Waals surface area contributed by atoms with E-state index in [1.165, 1.54) is 97.5 Å². The number of fused-ring (bicyclic) bond motifs is 19. The Morgan fingerprint density at radius 2 is 1.47 bits per heavy atom. The lowest BCUT2D eigenvalue weighted by atomic mass is 9.59. The third-order valence-corrected chi connectivity index (χ3v) is 15.3. The quantitative estimate of drug-likeness (QED) is 0.147. The monoisotopic (exact) mass is 769 g/mol. The van der Waals surface area contributed by atoms with Gasteiger partial charge in [0.15, 0.2) is 23.6 Å². The van der Waals surface area contributed by atoms with Gasteiger partial charge in [-0.15, -0.1) is 11.3 Å². The van der Waals surface area contributed by atoms with Gasteiger partial charge in [-0.25, -0.2) is 0 Å². The molecule has 2 aliphatic rings. The maximum atomic E-state index is 4.89. The highest BCUT2D eigenvalue weighted by Crippen LogP contribution is 2.55. The van der Waals surface area contributed by atoms with Gasteiger partial charge >= 0.3 is 0 Å². The van der Waals surface area contributed by atoms with Crippen molar-refractivity contribution in [1.29, 1.82) is 0 Å². The van der Waals surface area contributed by atoms with Crippen LogP contribution < -0.4 is 9.13 Å². The van der Waals surface area contributed by atoms with E-state index in [4.69, 9.17) is 6.58 Å². The van der Waals surface area contributed by atoms with Gasteiger partial charge in [0.2, 0.25) is 11.4 Å². The topological polar surface area (TPSA) is 12.2 Å². The molecule has 0 saturated carbocycles. The molecule has 0 aliphatic carbocycles. The van der Waals surface area contributed by atoms with E-state index in [1.54, 1.807) is 0 Å². The van der Waals surface area contributed by atoms with Crippen LogP contribution in [0, 0.1) is 5.41 Å². The summed E-state index contributed by atoms with van der Waals surface area (Å²) in [5, 5.41) is 8.15. The van der Waals surface area contributed by atoms with Crippen molar-refractivity contribution in [2.45, 2.75) is 71.3 Å². The van der Waals surface area contributed by atoms with Gasteiger partial charge in [0.25, 0.3) is 0 Å². The van der Waals surface area contributed by atoms with E-state index < -0.39 is 0 Å². The Bertz CT molecular complexity index is 3390. The number of nitrogens with zero attached hydrogens (tertiary/aromatic N) is 3. The van der Waals surface area contributed by atoms with Crippen LogP contribution in [0.3, 0.4) is 0 Å². The molecule has 4 heteroatoms. The number of benzene rings is 5. The Kier molecular flexibility index (Phi) is 6.87. The zero-order chi connectivity index (χ0) is 39.3. The van der Waals surface area contributed by atoms with Crippen LogP contribution in [0.5, 0.6) is 0 Å².